The van der Waals surface area contributed by atoms with Crippen LogP contribution in [-0.4, -0.2) is 66.1 Å². The Morgan fingerprint density at radius 1 is 1.02 bits per heavy atom. The van der Waals surface area contributed by atoms with Crippen molar-refractivity contribution in [2.24, 2.45) is 5.92 Å². The van der Waals surface area contributed by atoms with Gasteiger partial charge in [-0.3, -0.25) is 4.79 Å². The van der Waals surface area contributed by atoms with Gasteiger partial charge in [-0.25, -0.2) is 22.9 Å². The number of aromatic nitrogens is 2. The number of rotatable bonds is 6. The highest BCUT2D eigenvalue weighted by Crippen LogP contribution is 2.32. The molecule has 0 unspecified atom stereocenters. The van der Waals surface area contributed by atoms with Crippen LogP contribution in [0, 0.1) is 19.8 Å². The van der Waals surface area contributed by atoms with Crippen LogP contribution in [0.1, 0.15) is 81.3 Å². The number of hydrogen-bond acceptors (Lipinski definition) is 8. The highest BCUT2D eigenvalue weighted by atomic mass is 32.2. The van der Waals surface area contributed by atoms with Gasteiger partial charge in [0.2, 0.25) is 11.8 Å². The number of fused-ring (bicyclic) bond motifs is 4. The Bertz CT molecular complexity index is 1700. The van der Waals surface area contributed by atoms with Crippen LogP contribution in [0.3, 0.4) is 0 Å². The van der Waals surface area contributed by atoms with Crippen LogP contribution in [-0.2, 0) is 14.8 Å². The van der Waals surface area contributed by atoms with Gasteiger partial charge in [0.25, 0.3) is 15.9 Å². The number of benzene rings is 2. The van der Waals surface area contributed by atoms with Gasteiger partial charge in [0.05, 0.1) is 22.7 Å². The molecule has 0 saturated heterocycles. The summed E-state index contributed by atoms with van der Waals surface area (Å²) in [5.41, 5.74) is 3.62. The first kappa shape index (κ1) is 34.2. The predicted octanol–water partition coefficient (Wildman–Crippen LogP) is 6.26. The van der Waals surface area contributed by atoms with E-state index in [0.717, 1.165) is 16.7 Å². The van der Waals surface area contributed by atoms with Gasteiger partial charge in [-0.2, -0.15) is 4.98 Å². The first-order valence-corrected chi connectivity index (χ1v) is 17.8. The minimum Gasteiger partial charge on any atom is -0.475 e. The van der Waals surface area contributed by atoms with Gasteiger partial charge in [-0.15, -0.1) is 0 Å². The van der Waals surface area contributed by atoms with Crippen molar-refractivity contribution in [2.45, 2.75) is 103 Å². The molecule has 1 fully saturated rings. The molecule has 2 amide bonds. The summed E-state index contributed by atoms with van der Waals surface area (Å²) in [7, 11) is -4.16. The van der Waals surface area contributed by atoms with E-state index in [1.165, 1.54) is 12.1 Å². The second-order valence-corrected chi connectivity index (χ2v) is 14.9. The van der Waals surface area contributed by atoms with Crippen molar-refractivity contribution >= 4 is 28.0 Å². The predicted molar refractivity (Wildman–Crippen MR) is 180 cm³/mol. The molecule has 0 spiro atoms. The monoisotopic (exact) mass is 663 g/mol. The molecule has 2 N–H and O–H groups in total. The lowest BCUT2D eigenvalue weighted by atomic mass is 9.88. The molecule has 11 nitrogen and oxygen atoms in total. The molecular formula is C35H45N5O6S. The van der Waals surface area contributed by atoms with Crippen LogP contribution in [0.15, 0.2) is 53.4 Å². The molecule has 252 valence electrons. The minimum atomic E-state index is -4.16. The van der Waals surface area contributed by atoms with Gasteiger partial charge in [-0.1, -0.05) is 38.1 Å². The van der Waals surface area contributed by atoms with Crippen LogP contribution in [0.25, 0.3) is 11.3 Å². The molecule has 47 heavy (non-hydrogen) atoms. The third-order valence-corrected chi connectivity index (χ3v) is 9.93. The number of anilines is 1. The van der Waals surface area contributed by atoms with E-state index in [0.29, 0.717) is 37.8 Å². The van der Waals surface area contributed by atoms with Crippen LogP contribution in [0.2, 0.25) is 0 Å². The number of nitrogens with zero attached hydrogens (tertiary/aromatic N) is 3. The zero-order valence-electron chi connectivity index (χ0n) is 27.9. The van der Waals surface area contributed by atoms with Crippen molar-refractivity contribution in [2.75, 3.05) is 11.3 Å². The standard InChI is InChI=1S/C35H45N5O6S/c1-21(2)17-28-20-45-31-19-30(32-23(5)9-7-10-24(32)6)37-34(38-31)39-47(43,44)29-12-8-11-25(18-29)33(41)40(28)27-15-13-26(14-16-27)36-35(42)46-22(3)4/h7-12,18-19,21-22,26-28H,13-17,20H2,1-6H3,(H,36,42)(H,37,38,39)/t26-,27-,28-/m1/s1. The number of sulfonamides is 1. The van der Waals surface area contributed by atoms with Gasteiger partial charge in [0.1, 0.15) is 6.61 Å². The second-order valence-electron chi connectivity index (χ2n) is 13.2. The molecule has 3 aromatic rings. The van der Waals surface area contributed by atoms with Crippen LogP contribution >= 0.6 is 0 Å². The zero-order valence-corrected chi connectivity index (χ0v) is 28.8. The molecule has 2 aromatic carbocycles. The van der Waals surface area contributed by atoms with Crippen LogP contribution in [0.4, 0.5) is 10.7 Å². The van der Waals surface area contributed by atoms with Crippen LogP contribution in [0.5, 0.6) is 5.88 Å². The molecule has 1 aromatic heterocycles. The van der Waals surface area contributed by atoms with Crippen molar-refractivity contribution in [1.82, 2.24) is 20.2 Å². The summed E-state index contributed by atoms with van der Waals surface area (Å²) in [5, 5.41) is 2.96. The summed E-state index contributed by atoms with van der Waals surface area (Å²) in [6.07, 6.45) is 2.64. The maximum absolute atomic E-state index is 14.4. The van der Waals surface area contributed by atoms with Gasteiger partial charge in [-0.05, 0) is 95.0 Å². The molecular weight excluding hydrogens is 618 g/mol. The Kier molecular flexibility index (Phi) is 10.4. The summed E-state index contributed by atoms with van der Waals surface area (Å²) >= 11 is 0. The fourth-order valence-electron chi connectivity index (χ4n) is 6.55. The van der Waals surface area contributed by atoms with Crippen molar-refractivity contribution in [3.8, 4) is 17.1 Å². The lowest BCUT2D eigenvalue weighted by molar-refractivity contribution is 0.0349. The highest BCUT2D eigenvalue weighted by Gasteiger charge is 2.36. The molecule has 2 heterocycles. The number of carbonyl (C=O) groups is 2. The number of amides is 2. The summed E-state index contributed by atoms with van der Waals surface area (Å²) in [6.45, 7) is 11.9. The third-order valence-electron chi connectivity index (χ3n) is 8.61. The Balaban J connectivity index is 1.55. The fourth-order valence-corrected chi connectivity index (χ4v) is 7.54. The SMILES string of the molecule is Cc1cccc(C)c1-c1cc2nc(n1)NS(=O)(=O)c1cccc(c1)C(=O)N([C@H]1CC[C@H](NC(=O)OC(C)C)CC1)[C@H](CC(C)C)CO2. The fraction of sp³-hybridized carbons (Fsp3) is 0.486. The van der Waals surface area contributed by atoms with E-state index in [2.05, 4.69) is 33.9 Å². The first-order valence-electron chi connectivity index (χ1n) is 16.3. The molecule has 5 rings (SSSR count). The molecule has 1 aliphatic carbocycles. The average Bonchev–Trinajstić information content (AvgIpc) is 2.99. The van der Waals surface area contributed by atoms with E-state index >= 15 is 0 Å². The van der Waals surface area contributed by atoms with Gasteiger partial charge in [0, 0.05) is 29.3 Å². The Morgan fingerprint density at radius 2 is 1.70 bits per heavy atom. The number of ether oxygens (including phenoxy) is 2. The molecule has 12 heteroatoms. The van der Waals surface area contributed by atoms with Crippen LogP contribution < -0.4 is 14.8 Å². The van der Waals surface area contributed by atoms with E-state index in [-0.39, 0.29) is 64.9 Å². The van der Waals surface area contributed by atoms with Crippen molar-refractivity contribution in [3.63, 3.8) is 0 Å². The molecule has 1 aliphatic heterocycles. The number of alkyl carbamates (subject to hydrolysis) is 1. The molecule has 2 aliphatic rings. The Hall–Kier alpha value is -4.19. The normalized spacial score (nSPS) is 21.1. The van der Waals surface area contributed by atoms with Gasteiger partial charge in [0.15, 0.2) is 0 Å². The summed E-state index contributed by atoms with van der Waals surface area (Å²) in [6, 6.07) is 13.2. The van der Waals surface area contributed by atoms with E-state index in [1.54, 1.807) is 32.0 Å². The maximum atomic E-state index is 14.4. The Labute approximate surface area is 277 Å². The largest absolute Gasteiger partial charge is 0.475 e. The van der Waals surface area contributed by atoms with E-state index in [9.17, 15) is 18.0 Å². The number of nitrogens with one attached hydrogen (secondary N) is 2. The van der Waals surface area contributed by atoms with E-state index in [4.69, 9.17) is 9.47 Å². The second kappa shape index (κ2) is 14.3. The van der Waals surface area contributed by atoms with E-state index in [1.807, 2.05) is 36.9 Å². The highest BCUT2D eigenvalue weighted by molar-refractivity contribution is 7.92. The topological polar surface area (TPSA) is 140 Å². The number of aryl methyl sites for hydroxylation is 2. The smallest absolute Gasteiger partial charge is 0.407 e. The Morgan fingerprint density at radius 3 is 2.36 bits per heavy atom. The van der Waals surface area contributed by atoms with Gasteiger partial charge >= 0.3 is 6.09 Å². The van der Waals surface area contributed by atoms with E-state index < -0.39 is 16.1 Å². The average molecular weight is 664 g/mol. The van der Waals surface area contributed by atoms with Gasteiger partial charge < -0.3 is 19.7 Å². The summed E-state index contributed by atoms with van der Waals surface area (Å²) in [4.78, 5) is 37.6. The van der Waals surface area contributed by atoms with Crippen molar-refractivity contribution < 1.29 is 27.5 Å². The molecule has 1 saturated carbocycles. The summed E-state index contributed by atoms with van der Waals surface area (Å²) < 4.78 is 41.5. The lowest BCUT2D eigenvalue weighted by Crippen LogP contribution is -2.52. The minimum absolute atomic E-state index is 0.0642. The maximum Gasteiger partial charge on any atom is 0.407 e. The summed E-state index contributed by atoms with van der Waals surface area (Å²) in [5.74, 6) is 0.0624. The quantitative estimate of drug-likeness (QED) is 0.315. The zero-order chi connectivity index (χ0) is 33.9. The number of carbonyl (C=O) groups excluding carboxylic acids is 2. The van der Waals surface area contributed by atoms with Crippen molar-refractivity contribution in [1.29, 1.82) is 0 Å². The lowest BCUT2D eigenvalue weighted by Gasteiger charge is -2.42. The molecule has 4 bridgehead atoms. The molecule has 1 atom stereocenters. The van der Waals surface area contributed by atoms with Crippen molar-refractivity contribution in [3.05, 3.63) is 65.2 Å². The number of hydrogen-bond donors (Lipinski definition) is 2. The third kappa shape index (κ3) is 8.22. The first-order chi connectivity index (χ1) is 22.3. The molecule has 0 radical (unpaired) electrons.